The van der Waals surface area contributed by atoms with E-state index in [-0.39, 0.29) is 11.0 Å². The molecule has 6 heteroatoms. The maximum Gasteiger partial charge on any atom is 0.257 e. The topological polar surface area (TPSA) is 54.0 Å². The van der Waals surface area contributed by atoms with E-state index >= 15 is 0 Å². The summed E-state index contributed by atoms with van der Waals surface area (Å²) in [5, 5.41) is 7.04. The van der Waals surface area contributed by atoms with E-state index in [0.29, 0.717) is 5.56 Å². The highest BCUT2D eigenvalue weighted by Gasteiger charge is 2.10. The molecule has 29 heavy (non-hydrogen) atoms. The van der Waals surface area contributed by atoms with Crippen molar-refractivity contribution in [3.05, 3.63) is 83.4 Å². The van der Waals surface area contributed by atoms with Crippen molar-refractivity contribution < 1.29 is 4.79 Å². The number of benzene rings is 3. The molecule has 0 aliphatic rings. The van der Waals surface area contributed by atoms with E-state index in [4.69, 9.17) is 17.2 Å². The van der Waals surface area contributed by atoms with Crippen molar-refractivity contribution in [3.8, 4) is 10.6 Å². The van der Waals surface area contributed by atoms with Crippen LogP contribution in [0.25, 0.3) is 20.8 Å². The molecule has 0 unspecified atom stereocenters. The zero-order valence-electron chi connectivity index (χ0n) is 16.0. The Morgan fingerprint density at radius 1 is 0.966 bits per heavy atom. The molecule has 0 aliphatic carbocycles. The van der Waals surface area contributed by atoms with Crippen LogP contribution in [-0.4, -0.2) is 16.0 Å². The second kappa shape index (κ2) is 8.11. The molecular weight excluding hydrogens is 398 g/mol. The van der Waals surface area contributed by atoms with Gasteiger partial charge in [-0.15, -0.1) is 11.3 Å². The summed E-state index contributed by atoms with van der Waals surface area (Å²) in [5.41, 5.74) is 5.46. The molecule has 0 atom stereocenters. The van der Waals surface area contributed by atoms with E-state index in [1.54, 1.807) is 11.3 Å². The number of carbonyl (C=O) groups excluding carboxylic acids is 1. The normalized spacial score (nSPS) is 10.7. The second-order valence-electron chi connectivity index (χ2n) is 6.85. The van der Waals surface area contributed by atoms with Gasteiger partial charge in [-0.05, 0) is 62.5 Å². The van der Waals surface area contributed by atoms with E-state index in [2.05, 4.69) is 16.7 Å². The molecule has 0 bridgehead atoms. The minimum atomic E-state index is -0.225. The molecule has 4 rings (SSSR count). The summed E-state index contributed by atoms with van der Waals surface area (Å²) in [6, 6.07) is 21.6. The zero-order valence-corrected chi connectivity index (χ0v) is 17.7. The van der Waals surface area contributed by atoms with Crippen molar-refractivity contribution in [3.63, 3.8) is 0 Å². The first-order valence-corrected chi connectivity index (χ1v) is 10.4. The lowest BCUT2D eigenvalue weighted by atomic mass is 10.1. The number of thiocarbonyl (C=S) groups is 1. The van der Waals surface area contributed by atoms with Crippen LogP contribution < -0.4 is 10.6 Å². The van der Waals surface area contributed by atoms with Gasteiger partial charge in [-0.25, -0.2) is 4.98 Å². The molecule has 0 radical (unpaired) electrons. The summed E-state index contributed by atoms with van der Waals surface area (Å²) in [5.74, 6) is -0.225. The number of nitrogens with zero attached hydrogens (tertiary/aromatic N) is 1. The summed E-state index contributed by atoms with van der Waals surface area (Å²) in [7, 11) is 0. The Hall–Kier alpha value is -3.09. The Balaban J connectivity index is 1.48. The fourth-order valence-corrected chi connectivity index (χ4v) is 4.34. The maximum atomic E-state index is 12.5. The fraction of sp³-hybridized carbons (Fsp3) is 0.0870. The standard InChI is InChI=1S/C23H19N3OS2/c1-14-10-15(2)12-17(11-14)21(27)26-23(28)24-18-7-5-6-16(13-18)22-25-19-8-3-4-9-20(19)29-22/h3-13H,1-2H3,(H2,24,26,27,28). The smallest absolute Gasteiger partial charge is 0.257 e. The van der Waals surface area contributed by atoms with Gasteiger partial charge in [0.25, 0.3) is 5.91 Å². The number of carbonyl (C=O) groups is 1. The molecule has 1 aromatic heterocycles. The van der Waals surface area contributed by atoms with Gasteiger partial charge in [0.05, 0.1) is 10.2 Å². The van der Waals surface area contributed by atoms with Gasteiger partial charge in [0, 0.05) is 16.8 Å². The van der Waals surface area contributed by atoms with Gasteiger partial charge in [-0.1, -0.05) is 41.5 Å². The first-order chi connectivity index (χ1) is 14.0. The summed E-state index contributed by atoms with van der Waals surface area (Å²) < 4.78 is 1.15. The van der Waals surface area contributed by atoms with Crippen molar-refractivity contribution in [1.29, 1.82) is 0 Å². The molecule has 1 amide bonds. The van der Waals surface area contributed by atoms with Crippen LogP contribution in [0.2, 0.25) is 0 Å². The molecule has 2 N–H and O–H groups in total. The van der Waals surface area contributed by atoms with E-state index in [9.17, 15) is 4.79 Å². The quantitative estimate of drug-likeness (QED) is 0.420. The molecule has 0 saturated heterocycles. The van der Waals surface area contributed by atoms with Crippen LogP contribution in [0.1, 0.15) is 21.5 Å². The number of hydrogen-bond donors (Lipinski definition) is 2. The molecular formula is C23H19N3OS2. The SMILES string of the molecule is Cc1cc(C)cc(C(=O)NC(=S)Nc2cccc(-c3nc4ccccc4s3)c2)c1. The van der Waals surface area contributed by atoms with Gasteiger partial charge in [0.2, 0.25) is 0 Å². The fourth-order valence-electron chi connectivity index (χ4n) is 3.17. The lowest BCUT2D eigenvalue weighted by molar-refractivity contribution is 0.0977. The Morgan fingerprint density at radius 3 is 2.48 bits per heavy atom. The van der Waals surface area contributed by atoms with Crippen LogP contribution in [0.15, 0.2) is 66.7 Å². The molecule has 0 saturated carbocycles. The zero-order chi connectivity index (χ0) is 20.4. The number of thiazole rings is 1. The van der Waals surface area contributed by atoms with Gasteiger partial charge in [-0.2, -0.15) is 0 Å². The largest absolute Gasteiger partial charge is 0.332 e. The third-order valence-corrected chi connectivity index (χ3v) is 5.66. The first kappa shape index (κ1) is 19.2. The Morgan fingerprint density at radius 2 is 1.72 bits per heavy atom. The lowest BCUT2D eigenvalue weighted by Gasteiger charge is -2.11. The van der Waals surface area contributed by atoms with Gasteiger partial charge >= 0.3 is 0 Å². The molecule has 0 spiro atoms. The summed E-state index contributed by atoms with van der Waals surface area (Å²) in [4.78, 5) is 17.2. The number of nitrogens with one attached hydrogen (secondary N) is 2. The third kappa shape index (κ3) is 4.50. The first-order valence-electron chi connectivity index (χ1n) is 9.14. The van der Waals surface area contributed by atoms with Gasteiger partial charge in [0.1, 0.15) is 5.01 Å². The molecule has 4 aromatic rings. The molecule has 0 fully saturated rings. The number of para-hydroxylation sites is 1. The average molecular weight is 418 g/mol. The number of anilines is 1. The highest BCUT2D eigenvalue weighted by molar-refractivity contribution is 7.80. The van der Waals surface area contributed by atoms with Crippen molar-refractivity contribution >= 4 is 50.5 Å². The molecule has 3 aromatic carbocycles. The van der Waals surface area contributed by atoms with Crippen molar-refractivity contribution in [2.75, 3.05) is 5.32 Å². The van der Waals surface area contributed by atoms with E-state index < -0.39 is 0 Å². The number of hydrogen-bond acceptors (Lipinski definition) is 4. The monoisotopic (exact) mass is 417 g/mol. The third-order valence-electron chi connectivity index (χ3n) is 4.37. The minimum absolute atomic E-state index is 0.225. The van der Waals surface area contributed by atoms with E-state index in [1.807, 2.05) is 74.5 Å². The molecule has 0 aliphatic heterocycles. The predicted octanol–water partition coefficient (Wildman–Crippen LogP) is 5.71. The number of rotatable bonds is 3. The molecule has 4 nitrogen and oxygen atoms in total. The molecule has 144 valence electrons. The Bertz CT molecular complexity index is 1180. The number of amides is 1. The van der Waals surface area contributed by atoms with Gasteiger partial charge in [0.15, 0.2) is 5.11 Å². The van der Waals surface area contributed by atoms with Gasteiger partial charge < -0.3 is 5.32 Å². The number of aryl methyl sites for hydroxylation is 2. The highest BCUT2D eigenvalue weighted by Crippen LogP contribution is 2.31. The van der Waals surface area contributed by atoms with Crippen molar-refractivity contribution in [2.24, 2.45) is 0 Å². The summed E-state index contributed by atoms with van der Waals surface area (Å²) in [6.07, 6.45) is 0. The van der Waals surface area contributed by atoms with E-state index in [0.717, 1.165) is 37.6 Å². The van der Waals surface area contributed by atoms with Crippen molar-refractivity contribution in [2.45, 2.75) is 13.8 Å². The summed E-state index contributed by atoms with van der Waals surface area (Å²) >= 11 is 6.98. The van der Waals surface area contributed by atoms with Crippen LogP contribution in [0.3, 0.4) is 0 Å². The van der Waals surface area contributed by atoms with Crippen LogP contribution >= 0.6 is 23.6 Å². The lowest BCUT2D eigenvalue weighted by Crippen LogP contribution is -2.34. The van der Waals surface area contributed by atoms with Crippen LogP contribution in [-0.2, 0) is 0 Å². The van der Waals surface area contributed by atoms with E-state index in [1.165, 1.54) is 0 Å². The Kier molecular flexibility index (Phi) is 5.38. The summed E-state index contributed by atoms with van der Waals surface area (Å²) in [6.45, 7) is 3.93. The second-order valence-corrected chi connectivity index (χ2v) is 8.29. The van der Waals surface area contributed by atoms with Crippen molar-refractivity contribution in [1.82, 2.24) is 10.3 Å². The number of fused-ring (bicyclic) bond motifs is 1. The van der Waals surface area contributed by atoms with Crippen LogP contribution in [0, 0.1) is 13.8 Å². The predicted molar refractivity (Wildman–Crippen MR) is 125 cm³/mol. The van der Waals surface area contributed by atoms with Gasteiger partial charge in [-0.3, -0.25) is 10.1 Å². The average Bonchev–Trinajstić information content (AvgIpc) is 3.11. The number of aromatic nitrogens is 1. The Labute approximate surface area is 178 Å². The molecule has 1 heterocycles. The maximum absolute atomic E-state index is 12.5. The van der Waals surface area contributed by atoms with Crippen LogP contribution in [0.4, 0.5) is 5.69 Å². The minimum Gasteiger partial charge on any atom is -0.332 e. The van der Waals surface area contributed by atoms with Crippen LogP contribution in [0.5, 0.6) is 0 Å². The highest BCUT2D eigenvalue weighted by atomic mass is 32.1.